The lowest BCUT2D eigenvalue weighted by molar-refractivity contribution is 0.475. The molecule has 0 fully saturated rings. The summed E-state index contributed by atoms with van der Waals surface area (Å²) in [5, 5.41) is 0. The monoisotopic (exact) mass is 122 g/mol. The summed E-state index contributed by atoms with van der Waals surface area (Å²) in [4.78, 5) is 3.83. The van der Waals surface area contributed by atoms with Gasteiger partial charge in [-0.05, 0) is 0 Å². The van der Waals surface area contributed by atoms with E-state index < -0.39 is 18.0 Å². The van der Waals surface area contributed by atoms with E-state index in [0.29, 0.717) is 0 Å². The number of hydrogen-bond donors (Lipinski definition) is 1. The molecule has 0 spiro atoms. The Kier molecular flexibility index (Phi) is 0.964. The van der Waals surface area contributed by atoms with E-state index in [0.717, 1.165) is 0 Å². The van der Waals surface area contributed by atoms with Crippen LogP contribution in [0.5, 0.6) is 0 Å². The van der Waals surface area contributed by atoms with Crippen molar-refractivity contribution in [3.63, 3.8) is 0 Å². The molecule has 0 saturated carbocycles. The van der Waals surface area contributed by atoms with Crippen LogP contribution in [0.1, 0.15) is 0 Å². The van der Waals surface area contributed by atoms with Gasteiger partial charge in [0.15, 0.2) is 0 Å². The summed E-state index contributed by atoms with van der Waals surface area (Å²) in [7, 11) is 0. The van der Waals surface area contributed by atoms with Crippen molar-refractivity contribution in [2.75, 3.05) is 0 Å². The molecule has 0 atom stereocenters. The summed E-state index contributed by atoms with van der Waals surface area (Å²) >= 11 is 0. The van der Waals surface area contributed by atoms with Gasteiger partial charge in [0.25, 0.3) is 12.0 Å². The van der Waals surface area contributed by atoms with Crippen molar-refractivity contribution < 1.29 is 13.2 Å². The molecule has 0 amide bonds. The SMILES string of the molecule is Fc1nc(F)c(F)[nH]1. The fraction of sp³-hybridized carbons (Fsp3) is 0. The van der Waals surface area contributed by atoms with Gasteiger partial charge in [-0.2, -0.15) is 18.2 Å². The van der Waals surface area contributed by atoms with Crippen LogP contribution < -0.4 is 0 Å². The van der Waals surface area contributed by atoms with Gasteiger partial charge in [-0.3, -0.25) is 4.98 Å². The van der Waals surface area contributed by atoms with Crippen molar-refractivity contribution in [3.8, 4) is 0 Å². The third-order valence-electron chi connectivity index (χ3n) is 0.590. The van der Waals surface area contributed by atoms with Crippen molar-refractivity contribution >= 4 is 0 Å². The summed E-state index contributed by atoms with van der Waals surface area (Å²) in [5.41, 5.74) is 0. The quantitative estimate of drug-likeness (QED) is 0.542. The van der Waals surface area contributed by atoms with Crippen LogP contribution in [0.25, 0.3) is 0 Å². The molecule has 0 saturated heterocycles. The summed E-state index contributed by atoms with van der Waals surface area (Å²) < 4.78 is 34.7. The van der Waals surface area contributed by atoms with E-state index >= 15 is 0 Å². The molecule has 0 aliphatic carbocycles. The maximum atomic E-state index is 11.6. The Morgan fingerprint density at radius 1 is 1.25 bits per heavy atom. The Labute approximate surface area is 42.4 Å². The number of nitrogens with one attached hydrogen (secondary N) is 1. The molecule has 0 aromatic carbocycles. The smallest absolute Gasteiger partial charge is 0.288 e. The predicted octanol–water partition coefficient (Wildman–Crippen LogP) is 0.827. The van der Waals surface area contributed by atoms with Crippen LogP contribution in [0.3, 0.4) is 0 Å². The molecule has 0 aliphatic rings. The maximum absolute atomic E-state index is 11.6. The molecule has 1 aromatic rings. The van der Waals surface area contributed by atoms with Gasteiger partial charge >= 0.3 is 0 Å². The molecule has 0 unspecified atom stereocenters. The number of halogens is 3. The number of rotatable bonds is 0. The van der Waals surface area contributed by atoms with Gasteiger partial charge in [-0.1, -0.05) is 0 Å². The van der Waals surface area contributed by atoms with Crippen LogP contribution in [0.2, 0.25) is 0 Å². The molecule has 0 aliphatic heterocycles. The van der Waals surface area contributed by atoms with Crippen LogP contribution in [0.4, 0.5) is 13.2 Å². The number of hydrogen-bond acceptors (Lipinski definition) is 1. The lowest BCUT2D eigenvalue weighted by Crippen LogP contribution is -1.75. The molecule has 1 rings (SSSR count). The fourth-order valence-electron chi connectivity index (χ4n) is 0.305. The highest BCUT2D eigenvalue weighted by atomic mass is 19.2. The van der Waals surface area contributed by atoms with E-state index in [2.05, 4.69) is 4.98 Å². The zero-order valence-corrected chi connectivity index (χ0v) is 3.58. The molecule has 44 valence electrons. The van der Waals surface area contributed by atoms with Crippen molar-refractivity contribution in [1.82, 2.24) is 9.97 Å². The van der Waals surface area contributed by atoms with Crippen molar-refractivity contribution in [2.24, 2.45) is 0 Å². The molecule has 0 radical (unpaired) electrons. The zero-order chi connectivity index (χ0) is 6.15. The number of imidazole rings is 1. The molecular formula is C3HF3N2. The Morgan fingerprint density at radius 3 is 2.00 bits per heavy atom. The first-order chi connectivity index (χ1) is 3.70. The highest BCUT2D eigenvalue weighted by Crippen LogP contribution is 1.98. The topological polar surface area (TPSA) is 28.7 Å². The lowest BCUT2D eigenvalue weighted by Gasteiger charge is -1.69. The standard InChI is InChI=1S/C3HF3N2/c4-1-2(5)8-3(6)7-1/h(H,7,8). The normalized spacial score (nSPS) is 9.88. The Hall–Kier alpha value is -1.00. The first-order valence-electron chi connectivity index (χ1n) is 1.76. The van der Waals surface area contributed by atoms with Gasteiger partial charge in [0, 0.05) is 0 Å². The van der Waals surface area contributed by atoms with E-state index in [-0.39, 0.29) is 0 Å². The average molecular weight is 122 g/mol. The third-order valence-corrected chi connectivity index (χ3v) is 0.590. The molecule has 0 bridgehead atoms. The maximum Gasteiger partial charge on any atom is 0.291 e. The van der Waals surface area contributed by atoms with Gasteiger partial charge in [-0.15, -0.1) is 0 Å². The molecule has 1 heterocycles. The van der Waals surface area contributed by atoms with Crippen LogP contribution in [-0.2, 0) is 0 Å². The van der Waals surface area contributed by atoms with Gasteiger partial charge < -0.3 is 0 Å². The van der Waals surface area contributed by atoms with Crippen LogP contribution in [0, 0.1) is 18.0 Å². The minimum Gasteiger partial charge on any atom is -0.288 e. The number of H-pyrrole nitrogens is 1. The van der Waals surface area contributed by atoms with E-state index in [1.807, 2.05) is 0 Å². The second-order valence-corrected chi connectivity index (χ2v) is 1.13. The second kappa shape index (κ2) is 1.50. The molecule has 1 aromatic heterocycles. The van der Waals surface area contributed by atoms with E-state index in [1.165, 1.54) is 4.98 Å². The zero-order valence-electron chi connectivity index (χ0n) is 3.58. The fourth-order valence-corrected chi connectivity index (χ4v) is 0.305. The molecule has 2 nitrogen and oxygen atoms in total. The van der Waals surface area contributed by atoms with Gasteiger partial charge in [0.1, 0.15) is 0 Å². The Balaban J connectivity index is 3.14. The van der Waals surface area contributed by atoms with Crippen LogP contribution in [-0.4, -0.2) is 9.97 Å². The largest absolute Gasteiger partial charge is 0.291 e. The van der Waals surface area contributed by atoms with Gasteiger partial charge in [0.05, 0.1) is 0 Å². The van der Waals surface area contributed by atoms with Gasteiger partial charge in [0.2, 0.25) is 5.95 Å². The first kappa shape index (κ1) is 5.14. The summed E-state index contributed by atoms with van der Waals surface area (Å²) in [5.74, 6) is -2.81. The Bertz CT molecular complexity index is 175. The number of nitrogens with zero attached hydrogens (tertiary/aromatic N) is 1. The van der Waals surface area contributed by atoms with E-state index in [9.17, 15) is 13.2 Å². The van der Waals surface area contributed by atoms with Crippen molar-refractivity contribution in [3.05, 3.63) is 18.0 Å². The second-order valence-electron chi connectivity index (χ2n) is 1.13. The summed E-state index contributed by atoms with van der Waals surface area (Å²) in [6, 6.07) is 0. The number of aromatic nitrogens is 2. The lowest BCUT2D eigenvalue weighted by atomic mass is 10.9. The molecule has 1 N–H and O–H groups in total. The number of aromatic amines is 1. The Morgan fingerprint density at radius 2 is 1.88 bits per heavy atom. The van der Waals surface area contributed by atoms with E-state index in [1.54, 1.807) is 0 Å². The average Bonchev–Trinajstić information content (AvgIpc) is 1.85. The van der Waals surface area contributed by atoms with Crippen molar-refractivity contribution in [1.29, 1.82) is 0 Å². The summed E-state index contributed by atoms with van der Waals surface area (Å²) in [6.45, 7) is 0. The highest BCUT2D eigenvalue weighted by molar-refractivity contribution is 4.79. The molecule has 8 heavy (non-hydrogen) atoms. The first-order valence-corrected chi connectivity index (χ1v) is 1.76. The third kappa shape index (κ3) is 0.661. The van der Waals surface area contributed by atoms with E-state index in [4.69, 9.17) is 0 Å². The molecular weight excluding hydrogens is 121 g/mol. The summed E-state index contributed by atoms with van der Waals surface area (Å²) in [6.07, 6.45) is -1.25. The van der Waals surface area contributed by atoms with Crippen LogP contribution >= 0.6 is 0 Å². The van der Waals surface area contributed by atoms with Crippen molar-refractivity contribution in [2.45, 2.75) is 0 Å². The predicted molar refractivity (Wildman–Crippen MR) is 18.5 cm³/mol. The van der Waals surface area contributed by atoms with Gasteiger partial charge in [-0.25, -0.2) is 0 Å². The highest BCUT2D eigenvalue weighted by Gasteiger charge is 2.06. The minimum atomic E-state index is -1.44. The minimum absolute atomic E-state index is 1.25. The molecule has 5 heteroatoms. The van der Waals surface area contributed by atoms with Crippen LogP contribution in [0.15, 0.2) is 0 Å².